The number of fused-ring (bicyclic) bond motifs is 1. The Hall–Kier alpha value is -3.12. The fraction of sp³-hybridized carbons (Fsp3) is 0.167. The minimum atomic E-state index is -0.634. The Labute approximate surface area is 214 Å². The van der Waals surface area contributed by atoms with Gasteiger partial charge in [0.15, 0.2) is 0 Å². The SMILES string of the molecule is CCC(C)Oc1ccc2c(c1)c(I)nn2C(c1ccccc1)(c1ccccc1)c1ccccc1. The molecule has 1 heterocycles. The van der Waals surface area contributed by atoms with Gasteiger partial charge < -0.3 is 4.74 Å². The molecule has 0 saturated heterocycles. The monoisotopic (exact) mass is 558 g/mol. The van der Waals surface area contributed by atoms with Crippen LogP contribution in [-0.2, 0) is 5.54 Å². The van der Waals surface area contributed by atoms with Crippen LogP contribution in [0.5, 0.6) is 5.75 Å². The van der Waals surface area contributed by atoms with Crippen LogP contribution in [0.25, 0.3) is 10.9 Å². The molecule has 0 saturated carbocycles. The molecular weight excluding hydrogens is 531 g/mol. The largest absolute Gasteiger partial charge is 0.491 e. The average molecular weight is 558 g/mol. The average Bonchev–Trinajstić information content (AvgIpc) is 3.22. The number of nitrogens with zero attached hydrogens (tertiary/aromatic N) is 2. The van der Waals surface area contributed by atoms with Crippen molar-refractivity contribution in [2.75, 3.05) is 0 Å². The normalized spacial score (nSPS) is 12.6. The van der Waals surface area contributed by atoms with Gasteiger partial charge in [-0.1, -0.05) is 97.9 Å². The molecule has 0 spiro atoms. The van der Waals surface area contributed by atoms with Crippen LogP contribution in [-0.4, -0.2) is 15.9 Å². The van der Waals surface area contributed by atoms with Crippen LogP contribution in [0.15, 0.2) is 109 Å². The topological polar surface area (TPSA) is 27.1 Å². The Morgan fingerprint density at radius 1 is 0.794 bits per heavy atom. The van der Waals surface area contributed by atoms with Crippen molar-refractivity contribution in [1.29, 1.82) is 0 Å². The summed E-state index contributed by atoms with van der Waals surface area (Å²) in [5.74, 6) is 0.879. The van der Waals surface area contributed by atoms with Gasteiger partial charge in [-0.15, -0.1) is 0 Å². The van der Waals surface area contributed by atoms with Crippen LogP contribution >= 0.6 is 22.6 Å². The summed E-state index contributed by atoms with van der Waals surface area (Å²) < 4.78 is 9.28. The molecular formula is C30H27IN2O. The summed E-state index contributed by atoms with van der Waals surface area (Å²) in [5, 5.41) is 6.27. The zero-order valence-electron chi connectivity index (χ0n) is 19.4. The van der Waals surface area contributed by atoms with Gasteiger partial charge in [0.05, 0.1) is 11.6 Å². The summed E-state index contributed by atoms with van der Waals surface area (Å²) in [4.78, 5) is 0. The molecule has 3 nitrogen and oxygen atoms in total. The molecule has 4 aromatic carbocycles. The first-order valence-corrected chi connectivity index (χ1v) is 12.7. The maximum Gasteiger partial charge on any atom is 0.138 e. The Morgan fingerprint density at radius 3 is 1.76 bits per heavy atom. The lowest BCUT2D eigenvalue weighted by Gasteiger charge is -2.37. The lowest BCUT2D eigenvalue weighted by molar-refractivity contribution is 0.217. The van der Waals surface area contributed by atoms with Crippen LogP contribution in [0.1, 0.15) is 37.0 Å². The third-order valence-electron chi connectivity index (χ3n) is 6.41. The van der Waals surface area contributed by atoms with Crippen molar-refractivity contribution in [3.63, 3.8) is 0 Å². The molecule has 5 aromatic rings. The fourth-order valence-corrected chi connectivity index (χ4v) is 5.26. The van der Waals surface area contributed by atoms with Crippen LogP contribution < -0.4 is 4.74 Å². The Balaban J connectivity index is 1.85. The molecule has 4 heteroatoms. The van der Waals surface area contributed by atoms with Gasteiger partial charge in [0, 0.05) is 5.39 Å². The first-order chi connectivity index (χ1) is 16.6. The minimum absolute atomic E-state index is 0.169. The van der Waals surface area contributed by atoms with Gasteiger partial charge in [-0.3, -0.25) is 0 Å². The van der Waals surface area contributed by atoms with Gasteiger partial charge in [0.25, 0.3) is 0 Å². The second-order valence-corrected chi connectivity index (χ2v) is 9.55. The third-order valence-corrected chi connectivity index (χ3v) is 7.21. The van der Waals surface area contributed by atoms with E-state index in [4.69, 9.17) is 9.84 Å². The Bertz CT molecular complexity index is 1280. The summed E-state index contributed by atoms with van der Waals surface area (Å²) in [7, 11) is 0. The number of aromatic nitrogens is 2. The smallest absolute Gasteiger partial charge is 0.138 e. The third kappa shape index (κ3) is 3.90. The van der Waals surface area contributed by atoms with Gasteiger partial charge in [0.1, 0.15) is 15.0 Å². The van der Waals surface area contributed by atoms with Crippen LogP contribution in [0.4, 0.5) is 0 Å². The van der Waals surface area contributed by atoms with E-state index in [0.29, 0.717) is 0 Å². The van der Waals surface area contributed by atoms with E-state index in [9.17, 15) is 0 Å². The number of rotatable bonds is 7. The predicted octanol–water partition coefficient (Wildman–Crippen LogP) is 7.66. The van der Waals surface area contributed by atoms with Crippen molar-refractivity contribution in [3.05, 3.63) is 130 Å². The number of halogens is 1. The van der Waals surface area contributed by atoms with Crippen LogP contribution in [0, 0.1) is 3.70 Å². The summed E-state index contributed by atoms with van der Waals surface area (Å²) in [6.07, 6.45) is 1.13. The first-order valence-electron chi connectivity index (χ1n) is 11.7. The standard InChI is InChI=1S/C30H27IN2O/c1-3-22(2)34-26-19-20-28-27(21-26)29(31)32-33(28)30(23-13-7-4-8-14-23,24-15-9-5-10-16-24)25-17-11-6-12-18-25/h4-22H,3H2,1-2H3. The summed E-state index contributed by atoms with van der Waals surface area (Å²) in [6, 6.07) is 38.3. The van der Waals surface area contributed by atoms with E-state index in [0.717, 1.165) is 43.5 Å². The Kier molecular flexibility index (Phi) is 6.42. The molecule has 0 aliphatic heterocycles. The lowest BCUT2D eigenvalue weighted by atomic mass is 9.77. The summed E-state index contributed by atoms with van der Waals surface area (Å²) in [5.41, 5.74) is 3.91. The van der Waals surface area contributed by atoms with E-state index >= 15 is 0 Å². The number of benzene rings is 4. The van der Waals surface area contributed by atoms with Gasteiger partial charge in [-0.25, -0.2) is 4.68 Å². The Morgan fingerprint density at radius 2 is 1.29 bits per heavy atom. The van der Waals surface area contributed by atoms with Gasteiger partial charge >= 0.3 is 0 Å². The molecule has 34 heavy (non-hydrogen) atoms. The molecule has 0 aliphatic carbocycles. The molecule has 0 N–H and O–H groups in total. The van der Waals surface area contributed by atoms with E-state index in [1.807, 2.05) is 0 Å². The zero-order valence-corrected chi connectivity index (χ0v) is 21.5. The number of hydrogen-bond donors (Lipinski definition) is 0. The zero-order chi connectivity index (χ0) is 23.5. The maximum absolute atomic E-state index is 6.14. The number of hydrogen-bond acceptors (Lipinski definition) is 2. The van der Waals surface area contributed by atoms with Gasteiger partial charge in [-0.05, 0) is 70.8 Å². The highest BCUT2D eigenvalue weighted by Crippen LogP contribution is 2.43. The van der Waals surface area contributed by atoms with Crippen molar-refractivity contribution >= 4 is 33.5 Å². The van der Waals surface area contributed by atoms with Crippen molar-refractivity contribution in [1.82, 2.24) is 9.78 Å². The first kappa shape index (κ1) is 22.7. The molecule has 1 atom stereocenters. The molecule has 0 aliphatic rings. The minimum Gasteiger partial charge on any atom is -0.491 e. The fourth-order valence-electron chi connectivity index (χ4n) is 4.61. The van der Waals surface area contributed by atoms with E-state index in [2.05, 4.69) is 150 Å². The predicted molar refractivity (Wildman–Crippen MR) is 147 cm³/mol. The van der Waals surface area contributed by atoms with Crippen molar-refractivity contribution in [2.24, 2.45) is 0 Å². The highest BCUT2D eigenvalue weighted by molar-refractivity contribution is 14.1. The molecule has 0 amide bonds. The molecule has 1 aromatic heterocycles. The highest BCUT2D eigenvalue weighted by atomic mass is 127. The van der Waals surface area contributed by atoms with Crippen molar-refractivity contribution in [2.45, 2.75) is 31.9 Å². The van der Waals surface area contributed by atoms with E-state index < -0.39 is 5.54 Å². The van der Waals surface area contributed by atoms with E-state index in [1.54, 1.807) is 0 Å². The van der Waals surface area contributed by atoms with Gasteiger partial charge in [0.2, 0.25) is 0 Å². The summed E-state index contributed by atoms with van der Waals surface area (Å²) in [6.45, 7) is 4.24. The maximum atomic E-state index is 6.14. The highest BCUT2D eigenvalue weighted by Gasteiger charge is 2.40. The van der Waals surface area contributed by atoms with E-state index in [1.165, 1.54) is 0 Å². The van der Waals surface area contributed by atoms with Crippen molar-refractivity contribution in [3.8, 4) is 5.75 Å². The quantitative estimate of drug-likeness (QED) is 0.152. The van der Waals surface area contributed by atoms with Crippen LogP contribution in [0.2, 0.25) is 0 Å². The number of ether oxygens (including phenoxy) is 1. The molecule has 5 rings (SSSR count). The molecule has 0 bridgehead atoms. The van der Waals surface area contributed by atoms with E-state index in [-0.39, 0.29) is 6.10 Å². The van der Waals surface area contributed by atoms with Crippen molar-refractivity contribution < 1.29 is 4.74 Å². The van der Waals surface area contributed by atoms with Gasteiger partial charge in [-0.2, -0.15) is 5.10 Å². The molecule has 170 valence electrons. The second kappa shape index (κ2) is 9.63. The molecule has 1 unspecified atom stereocenters. The van der Waals surface area contributed by atoms with Crippen LogP contribution in [0.3, 0.4) is 0 Å². The summed E-state index contributed by atoms with van der Waals surface area (Å²) >= 11 is 2.35. The molecule has 0 fully saturated rings. The second-order valence-electron chi connectivity index (χ2n) is 8.53. The lowest BCUT2D eigenvalue weighted by Crippen LogP contribution is -2.38. The molecule has 0 radical (unpaired) electrons.